The number of aryl methyl sites for hydroxylation is 2. The molecule has 0 radical (unpaired) electrons. The van der Waals surface area contributed by atoms with E-state index >= 15 is 0 Å². The van der Waals surface area contributed by atoms with Crippen LogP contribution in [0.25, 0.3) is 20.4 Å². The minimum absolute atomic E-state index is 0.360. The maximum absolute atomic E-state index is 8.99. The van der Waals surface area contributed by atoms with E-state index < -0.39 is 0 Å². The third-order valence-electron chi connectivity index (χ3n) is 8.55. The Balaban J connectivity index is 0.000000158. The number of fused-ring (bicyclic) bond motifs is 4. The number of thiocarbonyl (C=S) groups is 1. The van der Waals surface area contributed by atoms with Crippen molar-refractivity contribution in [2.75, 3.05) is 0 Å². The Bertz CT molecular complexity index is 1590. The summed E-state index contributed by atoms with van der Waals surface area (Å²) >= 11 is 8.18. The van der Waals surface area contributed by atoms with Crippen molar-refractivity contribution in [1.29, 1.82) is 5.26 Å². The number of nitrogens with two attached hydrogens (primary N) is 1. The Morgan fingerprint density at radius 1 is 0.846 bits per heavy atom. The molecule has 0 saturated carbocycles. The molecule has 2 atom stereocenters. The second-order valence-electron chi connectivity index (χ2n) is 13.3. The lowest BCUT2D eigenvalue weighted by Crippen LogP contribution is -2.27. The summed E-state index contributed by atoms with van der Waals surface area (Å²) in [5.74, 6) is 1.47. The molecular formula is C32H38N4S3. The van der Waals surface area contributed by atoms with E-state index in [1.165, 1.54) is 52.1 Å². The van der Waals surface area contributed by atoms with Crippen molar-refractivity contribution in [3.05, 3.63) is 56.5 Å². The summed E-state index contributed by atoms with van der Waals surface area (Å²) in [5, 5.41) is 11.3. The lowest BCUT2D eigenvalue weighted by molar-refractivity contribution is 0.215. The van der Waals surface area contributed by atoms with Crippen LogP contribution < -0.4 is 5.73 Å². The maximum Gasteiger partial charge on any atom is 0.124 e. The van der Waals surface area contributed by atoms with Crippen LogP contribution >= 0.6 is 34.9 Å². The van der Waals surface area contributed by atoms with Gasteiger partial charge < -0.3 is 5.73 Å². The quantitative estimate of drug-likeness (QED) is 0.231. The molecule has 0 amide bonds. The second kappa shape index (κ2) is 10.5. The van der Waals surface area contributed by atoms with Gasteiger partial charge >= 0.3 is 0 Å². The normalized spacial score (nSPS) is 19.1. The predicted molar refractivity (Wildman–Crippen MR) is 170 cm³/mol. The van der Waals surface area contributed by atoms with Gasteiger partial charge in [-0.1, -0.05) is 53.8 Å². The Kier molecular flexibility index (Phi) is 7.60. The van der Waals surface area contributed by atoms with Crippen molar-refractivity contribution in [3.8, 4) is 6.07 Å². The van der Waals surface area contributed by atoms with Crippen molar-refractivity contribution in [2.24, 2.45) is 28.4 Å². The molecule has 2 aliphatic carbocycles. The number of thiophene rings is 2. The van der Waals surface area contributed by atoms with Crippen molar-refractivity contribution < 1.29 is 0 Å². The van der Waals surface area contributed by atoms with Crippen molar-refractivity contribution in [2.45, 2.75) is 80.1 Å². The van der Waals surface area contributed by atoms with Gasteiger partial charge in [0.15, 0.2) is 0 Å². The molecule has 0 bridgehead atoms. The summed E-state index contributed by atoms with van der Waals surface area (Å²) in [6, 6.07) is 10.8. The summed E-state index contributed by atoms with van der Waals surface area (Å²) in [5.41, 5.74) is 11.8. The highest BCUT2D eigenvalue weighted by atomic mass is 32.1. The molecule has 6 rings (SSSR count). The Morgan fingerprint density at radius 3 is 1.79 bits per heavy atom. The number of pyridine rings is 2. The molecule has 0 spiro atoms. The molecule has 7 heteroatoms. The van der Waals surface area contributed by atoms with Crippen LogP contribution in [-0.4, -0.2) is 15.0 Å². The topological polar surface area (TPSA) is 75.6 Å². The van der Waals surface area contributed by atoms with E-state index in [-0.39, 0.29) is 0 Å². The molecule has 0 fully saturated rings. The molecule has 2 unspecified atom stereocenters. The molecule has 0 aromatic carbocycles. The predicted octanol–water partition coefficient (Wildman–Crippen LogP) is 8.40. The minimum atomic E-state index is 0.360. The monoisotopic (exact) mass is 574 g/mol. The van der Waals surface area contributed by atoms with Crippen LogP contribution in [-0.2, 0) is 25.7 Å². The fourth-order valence-electron chi connectivity index (χ4n) is 5.90. The van der Waals surface area contributed by atoms with Crippen LogP contribution in [0.5, 0.6) is 0 Å². The average molecular weight is 575 g/mol. The summed E-state index contributed by atoms with van der Waals surface area (Å²) in [6.07, 6.45) is 6.90. The van der Waals surface area contributed by atoms with Crippen molar-refractivity contribution in [3.63, 3.8) is 0 Å². The molecule has 4 aromatic rings. The first-order valence-electron chi connectivity index (χ1n) is 13.9. The summed E-state index contributed by atoms with van der Waals surface area (Å²) in [7, 11) is 0. The molecule has 0 saturated heterocycles. The van der Waals surface area contributed by atoms with Gasteiger partial charge in [0.2, 0.25) is 0 Å². The van der Waals surface area contributed by atoms with Crippen molar-refractivity contribution >= 4 is 60.3 Å². The first kappa shape index (κ1) is 28.1. The van der Waals surface area contributed by atoms with E-state index in [4.69, 9.17) is 33.2 Å². The summed E-state index contributed by atoms with van der Waals surface area (Å²) in [6.45, 7) is 14.0. The van der Waals surface area contributed by atoms with Gasteiger partial charge in [-0.15, -0.1) is 22.7 Å². The van der Waals surface area contributed by atoms with Crippen LogP contribution in [0.15, 0.2) is 24.3 Å². The average Bonchev–Trinajstić information content (AvgIpc) is 3.47. The fourth-order valence-corrected chi connectivity index (χ4v) is 7.80. The highest BCUT2D eigenvalue weighted by Gasteiger charge is 2.30. The zero-order valence-corrected chi connectivity index (χ0v) is 26.3. The maximum atomic E-state index is 8.99. The van der Waals surface area contributed by atoms with E-state index in [0.717, 1.165) is 62.3 Å². The van der Waals surface area contributed by atoms with Gasteiger partial charge in [-0.05, 0) is 96.6 Å². The summed E-state index contributed by atoms with van der Waals surface area (Å²) in [4.78, 5) is 13.9. The first-order chi connectivity index (χ1) is 18.3. The lowest BCUT2D eigenvalue weighted by atomic mass is 9.71. The van der Waals surface area contributed by atoms with Gasteiger partial charge in [0, 0.05) is 22.2 Å². The third kappa shape index (κ3) is 6.04. The highest BCUT2D eigenvalue weighted by Crippen LogP contribution is 2.39. The van der Waals surface area contributed by atoms with Gasteiger partial charge in [-0.3, -0.25) is 0 Å². The van der Waals surface area contributed by atoms with Gasteiger partial charge in [-0.25, -0.2) is 9.97 Å². The Hall–Kier alpha value is -2.40. The summed E-state index contributed by atoms with van der Waals surface area (Å²) < 4.78 is 0. The third-order valence-corrected chi connectivity index (χ3v) is 10.9. The van der Waals surface area contributed by atoms with Crippen LogP contribution in [0, 0.1) is 34.0 Å². The lowest BCUT2D eigenvalue weighted by Gasteiger charge is -2.34. The second-order valence-corrected chi connectivity index (χ2v) is 15.8. The van der Waals surface area contributed by atoms with E-state index in [1.54, 1.807) is 11.3 Å². The van der Waals surface area contributed by atoms with E-state index in [9.17, 15) is 0 Å². The van der Waals surface area contributed by atoms with Gasteiger partial charge in [-0.2, -0.15) is 5.26 Å². The van der Waals surface area contributed by atoms with E-state index in [0.29, 0.717) is 15.8 Å². The number of nitrogens with zero attached hydrogens (tertiary/aromatic N) is 3. The standard InChI is InChI=1S/C16H20N2S2.C16H18N2S/c1-16(2,3)11-4-5-12-9(7-11)6-10-8-13(14(17)19)20-15(10)18-12;1-16(2,3)12-4-5-14-10(7-12)6-11-8-13(9-17)19-15(11)18-14/h6,8,11H,4-5,7H2,1-3H3,(H2,17,19);6,8,12H,4-5,7H2,1-3H3. The number of rotatable bonds is 1. The SMILES string of the molecule is CC(C)(C)C1CCc2nc3sc(C#N)cc3cc2C1.CC(C)(C)C1CCc2nc3sc(C(N)=S)cc3cc2C1. The van der Waals surface area contributed by atoms with Gasteiger partial charge in [0.05, 0.1) is 4.88 Å². The molecule has 39 heavy (non-hydrogen) atoms. The molecule has 2 aliphatic rings. The van der Waals surface area contributed by atoms with Crippen molar-refractivity contribution in [1.82, 2.24) is 9.97 Å². The van der Waals surface area contributed by atoms with Crippen LogP contribution in [0.2, 0.25) is 0 Å². The molecule has 4 nitrogen and oxygen atoms in total. The number of hydrogen-bond acceptors (Lipinski definition) is 6. The van der Waals surface area contributed by atoms with Gasteiger partial charge in [0.25, 0.3) is 0 Å². The number of nitriles is 1. The van der Waals surface area contributed by atoms with Crippen LogP contribution in [0.3, 0.4) is 0 Å². The number of aromatic nitrogens is 2. The Labute approximate surface area is 245 Å². The molecule has 4 heterocycles. The minimum Gasteiger partial charge on any atom is -0.389 e. The zero-order chi connectivity index (χ0) is 28.1. The molecule has 2 N–H and O–H groups in total. The van der Waals surface area contributed by atoms with Crippen LogP contribution in [0.1, 0.15) is 86.7 Å². The van der Waals surface area contributed by atoms with Gasteiger partial charge in [0.1, 0.15) is 25.6 Å². The first-order valence-corrected chi connectivity index (χ1v) is 15.9. The largest absolute Gasteiger partial charge is 0.389 e. The molecule has 204 valence electrons. The number of hydrogen-bond donors (Lipinski definition) is 1. The molecule has 4 aromatic heterocycles. The molecular weight excluding hydrogens is 537 g/mol. The fraction of sp³-hybridized carbons (Fsp3) is 0.500. The van der Waals surface area contributed by atoms with E-state index in [2.05, 4.69) is 65.8 Å². The van der Waals surface area contributed by atoms with E-state index in [1.807, 2.05) is 6.07 Å². The zero-order valence-electron chi connectivity index (χ0n) is 23.9. The molecule has 0 aliphatic heterocycles. The Morgan fingerprint density at radius 2 is 1.33 bits per heavy atom. The highest BCUT2D eigenvalue weighted by molar-refractivity contribution is 7.81. The smallest absolute Gasteiger partial charge is 0.124 e. The van der Waals surface area contributed by atoms with Crippen LogP contribution in [0.4, 0.5) is 0 Å².